The lowest BCUT2D eigenvalue weighted by atomic mass is 9.92. The third-order valence-corrected chi connectivity index (χ3v) is 5.68. The van der Waals surface area contributed by atoms with E-state index in [1.54, 1.807) is 0 Å². The molecule has 126 valence electrons. The van der Waals surface area contributed by atoms with Crippen LogP contribution in [0.3, 0.4) is 0 Å². The van der Waals surface area contributed by atoms with Gasteiger partial charge in [0.1, 0.15) is 12.1 Å². The Morgan fingerprint density at radius 1 is 1.25 bits per heavy atom. The van der Waals surface area contributed by atoms with Crippen molar-refractivity contribution in [2.24, 2.45) is 11.0 Å². The molecule has 4 rings (SSSR count). The second kappa shape index (κ2) is 5.97. The lowest BCUT2D eigenvalue weighted by Crippen LogP contribution is -2.55. The summed E-state index contributed by atoms with van der Waals surface area (Å²) in [7, 11) is 0. The number of rotatable bonds is 6. The van der Waals surface area contributed by atoms with Crippen molar-refractivity contribution < 1.29 is 9.59 Å². The van der Waals surface area contributed by atoms with Crippen LogP contribution in [0, 0.1) is 5.92 Å². The number of aldehydes is 2. The topological polar surface area (TPSA) is 65.0 Å². The van der Waals surface area contributed by atoms with Crippen LogP contribution >= 0.6 is 15.9 Å². The first kappa shape index (κ1) is 15.8. The van der Waals surface area contributed by atoms with Crippen LogP contribution in [0.1, 0.15) is 19.3 Å². The van der Waals surface area contributed by atoms with Gasteiger partial charge in [0.25, 0.3) is 0 Å². The van der Waals surface area contributed by atoms with E-state index in [0.29, 0.717) is 5.92 Å². The van der Waals surface area contributed by atoms with Gasteiger partial charge in [-0.25, -0.2) is 0 Å². The summed E-state index contributed by atoms with van der Waals surface area (Å²) in [4.78, 5) is 26.8. The molecule has 3 aliphatic rings. The predicted molar refractivity (Wildman–Crippen MR) is 94.8 cm³/mol. The summed E-state index contributed by atoms with van der Waals surface area (Å²) in [6, 6.07) is 7.86. The fourth-order valence-electron chi connectivity index (χ4n) is 3.52. The number of carbonyl (C=O) groups is 2. The first-order valence-corrected chi connectivity index (χ1v) is 8.98. The fourth-order valence-corrected chi connectivity index (χ4v) is 3.78. The first-order valence-electron chi connectivity index (χ1n) is 8.19. The molecule has 1 atom stereocenters. The van der Waals surface area contributed by atoms with E-state index in [4.69, 9.17) is 0 Å². The number of hydrazone groups is 1. The normalized spacial score (nSPS) is 25.6. The molecule has 7 heteroatoms. The van der Waals surface area contributed by atoms with E-state index >= 15 is 0 Å². The number of benzene rings is 1. The van der Waals surface area contributed by atoms with Crippen LogP contribution in [0.2, 0.25) is 0 Å². The minimum Gasteiger partial charge on any atom is -0.301 e. The summed E-state index contributed by atoms with van der Waals surface area (Å²) in [6.45, 7) is 1.86. The first-order chi connectivity index (χ1) is 11.6. The standard InChI is InChI=1S/C17H19BrN4O2/c18-13-1-3-14(4-2-13)22-15(19-20-16(22)10-23)7-12-8-21(9-12)17(11-24)5-6-17/h1-4,10-12,16,20H,5-9H2. The number of nitrogens with zero attached hydrogens (tertiary/aromatic N) is 3. The highest BCUT2D eigenvalue weighted by Gasteiger charge is 2.52. The van der Waals surface area contributed by atoms with E-state index in [2.05, 4.69) is 31.4 Å². The summed E-state index contributed by atoms with van der Waals surface area (Å²) in [5.41, 5.74) is 3.68. The number of hydrogen-bond acceptors (Lipinski definition) is 6. The number of likely N-dealkylation sites (tertiary alicyclic amines) is 1. The Labute approximate surface area is 149 Å². The third-order valence-electron chi connectivity index (χ3n) is 5.16. The second-order valence-corrected chi connectivity index (χ2v) is 7.70. The molecule has 6 nitrogen and oxygen atoms in total. The Morgan fingerprint density at radius 2 is 1.96 bits per heavy atom. The molecular weight excluding hydrogens is 372 g/mol. The van der Waals surface area contributed by atoms with Crippen LogP contribution in [-0.2, 0) is 9.59 Å². The Hall–Kier alpha value is -1.73. The molecular formula is C17H19BrN4O2. The summed E-state index contributed by atoms with van der Waals surface area (Å²) in [6.07, 6.45) is 4.31. The molecule has 0 spiro atoms. The zero-order chi connectivity index (χ0) is 16.7. The van der Waals surface area contributed by atoms with Crippen molar-refractivity contribution in [1.82, 2.24) is 10.3 Å². The summed E-state index contributed by atoms with van der Waals surface area (Å²) >= 11 is 3.43. The minimum absolute atomic E-state index is 0.164. The monoisotopic (exact) mass is 390 g/mol. The maximum atomic E-state index is 11.4. The average Bonchev–Trinajstić information content (AvgIpc) is 3.24. The minimum atomic E-state index is -0.456. The van der Waals surface area contributed by atoms with Gasteiger partial charge in [-0.3, -0.25) is 20.0 Å². The molecule has 1 unspecified atom stereocenters. The molecule has 1 saturated heterocycles. The Kier molecular flexibility index (Phi) is 3.92. The molecule has 1 aromatic carbocycles. The Bertz CT molecular complexity index is 680. The molecule has 2 heterocycles. The quantitative estimate of drug-likeness (QED) is 0.749. The van der Waals surface area contributed by atoms with Gasteiger partial charge in [0.15, 0.2) is 12.5 Å². The van der Waals surface area contributed by atoms with Crippen molar-refractivity contribution in [2.45, 2.75) is 31.0 Å². The Morgan fingerprint density at radius 3 is 2.54 bits per heavy atom. The van der Waals surface area contributed by atoms with Gasteiger partial charge in [-0.05, 0) is 43.0 Å². The lowest BCUT2D eigenvalue weighted by Gasteiger charge is -2.43. The lowest BCUT2D eigenvalue weighted by molar-refractivity contribution is -0.116. The van der Waals surface area contributed by atoms with Gasteiger partial charge in [0.2, 0.25) is 0 Å². The van der Waals surface area contributed by atoms with E-state index in [1.165, 1.54) is 0 Å². The molecule has 0 aromatic heterocycles. The van der Waals surface area contributed by atoms with Gasteiger partial charge in [0, 0.05) is 29.7 Å². The number of nitrogens with one attached hydrogen (secondary N) is 1. The maximum absolute atomic E-state index is 11.4. The van der Waals surface area contributed by atoms with Crippen molar-refractivity contribution in [3.05, 3.63) is 28.7 Å². The van der Waals surface area contributed by atoms with Gasteiger partial charge in [0.05, 0.1) is 5.54 Å². The largest absolute Gasteiger partial charge is 0.301 e. The molecule has 1 aromatic rings. The van der Waals surface area contributed by atoms with E-state index in [-0.39, 0.29) is 5.54 Å². The maximum Gasteiger partial charge on any atom is 0.177 e. The number of hydrogen-bond donors (Lipinski definition) is 1. The molecule has 1 saturated carbocycles. The fraction of sp³-hybridized carbons (Fsp3) is 0.471. The summed E-state index contributed by atoms with van der Waals surface area (Å²) < 4.78 is 0.998. The van der Waals surface area contributed by atoms with Crippen molar-refractivity contribution >= 4 is 40.0 Å². The van der Waals surface area contributed by atoms with Crippen molar-refractivity contribution in [2.75, 3.05) is 18.0 Å². The van der Waals surface area contributed by atoms with Gasteiger partial charge in [-0.2, -0.15) is 5.10 Å². The summed E-state index contributed by atoms with van der Waals surface area (Å²) in [5, 5.41) is 4.37. The smallest absolute Gasteiger partial charge is 0.177 e. The highest BCUT2D eigenvalue weighted by Crippen LogP contribution is 2.44. The zero-order valence-electron chi connectivity index (χ0n) is 13.2. The molecule has 0 bridgehead atoms. The zero-order valence-corrected chi connectivity index (χ0v) is 14.8. The van der Waals surface area contributed by atoms with Gasteiger partial charge >= 0.3 is 0 Å². The number of amidine groups is 1. The molecule has 0 amide bonds. The number of carbonyl (C=O) groups excluding carboxylic acids is 2. The van der Waals surface area contributed by atoms with Gasteiger partial charge in [-0.15, -0.1) is 0 Å². The molecule has 1 aliphatic carbocycles. The van der Waals surface area contributed by atoms with Crippen LogP contribution in [0.4, 0.5) is 5.69 Å². The molecule has 24 heavy (non-hydrogen) atoms. The third kappa shape index (κ3) is 2.65. The van der Waals surface area contributed by atoms with Crippen LogP contribution < -0.4 is 10.3 Å². The molecule has 2 aliphatic heterocycles. The van der Waals surface area contributed by atoms with Crippen LogP contribution in [0.15, 0.2) is 33.8 Å². The van der Waals surface area contributed by atoms with Crippen molar-refractivity contribution in [3.63, 3.8) is 0 Å². The van der Waals surface area contributed by atoms with Gasteiger partial charge in [-0.1, -0.05) is 15.9 Å². The Balaban J connectivity index is 1.43. The van der Waals surface area contributed by atoms with Crippen LogP contribution in [0.25, 0.3) is 0 Å². The molecule has 0 radical (unpaired) electrons. The second-order valence-electron chi connectivity index (χ2n) is 6.78. The highest BCUT2D eigenvalue weighted by molar-refractivity contribution is 9.10. The van der Waals surface area contributed by atoms with Crippen molar-refractivity contribution in [1.29, 1.82) is 0 Å². The van der Waals surface area contributed by atoms with E-state index in [0.717, 1.165) is 60.9 Å². The summed E-state index contributed by atoms with van der Waals surface area (Å²) in [5.74, 6) is 1.36. The molecule has 1 N–H and O–H groups in total. The highest BCUT2D eigenvalue weighted by atomic mass is 79.9. The predicted octanol–water partition coefficient (Wildman–Crippen LogP) is 1.75. The van der Waals surface area contributed by atoms with E-state index in [9.17, 15) is 9.59 Å². The average molecular weight is 391 g/mol. The van der Waals surface area contributed by atoms with E-state index in [1.807, 2.05) is 29.2 Å². The van der Waals surface area contributed by atoms with Crippen LogP contribution in [-0.4, -0.2) is 48.1 Å². The van der Waals surface area contributed by atoms with E-state index < -0.39 is 6.17 Å². The van der Waals surface area contributed by atoms with Crippen LogP contribution in [0.5, 0.6) is 0 Å². The number of anilines is 1. The molecule has 2 fully saturated rings. The van der Waals surface area contributed by atoms with Crippen molar-refractivity contribution in [3.8, 4) is 0 Å². The van der Waals surface area contributed by atoms with Gasteiger partial charge < -0.3 is 4.79 Å². The SMILES string of the molecule is O=CC1NN=C(CC2CN(C3(C=O)CC3)C2)N1c1ccc(Br)cc1. The number of halogens is 1.